The number of hydrogen-bond donors (Lipinski definition) is 1. The Kier molecular flexibility index (Phi) is 8.18. The van der Waals surface area contributed by atoms with E-state index in [1.54, 1.807) is 12.1 Å². The lowest BCUT2D eigenvalue weighted by Crippen LogP contribution is -2.20. The van der Waals surface area contributed by atoms with Crippen LogP contribution in [0.25, 0.3) is 22.4 Å². The van der Waals surface area contributed by atoms with Crippen LogP contribution in [0.15, 0.2) is 78.9 Å². The maximum absolute atomic E-state index is 13.1. The molecule has 4 rings (SSSR count). The minimum Gasteiger partial charge on any atom is -0.490 e. The Morgan fingerprint density at radius 1 is 1.03 bits per heavy atom. The van der Waals surface area contributed by atoms with Crippen molar-refractivity contribution in [3.8, 4) is 17.6 Å². The van der Waals surface area contributed by atoms with Crippen molar-refractivity contribution in [3.63, 3.8) is 0 Å². The van der Waals surface area contributed by atoms with Gasteiger partial charge in [0, 0.05) is 5.69 Å². The number of nitrogens with zero attached hydrogens (tertiary/aromatic N) is 1. The quantitative estimate of drug-likeness (QED) is 0.135. The number of rotatable bonds is 8. The average molecular weight is 592 g/mol. The van der Waals surface area contributed by atoms with Gasteiger partial charge in [0.15, 0.2) is 18.1 Å². The summed E-state index contributed by atoms with van der Waals surface area (Å²) in [6, 6.07) is 25.4. The van der Waals surface area contributed by atoms with Crippen LogP contribution < -0.4 is 14.8 Å². The number of allylic oxidation sites excluding steroid dienone is 1. The van der Waals surface area contributed by atoms with Crippen molar-refractivity contribution >= 4 is 56.6 Å². The molecule has 4 aromatic carbocycles. The Labute approximate surface area is 222 Å². The molecule has 0 fully saturated rings. The van der Waals surface area contributed by atoms with Gasteiger partial charge in [0.2, 0.25) is 0 Å². The highest BCUT2D eigenvalue weighted by molar-refractivity contribution is 14.1. The van der Waals surface area contributed by atoms with Gasteiger partial charge < -0.3 is 14.8 Å². The monoisotopic (exact) mass is 592 g/mol. The van der Waals surface area contributed by atoms with Gasteiger partial charge in [-0.25, -0.2) is 4.39 Å². The summed E-state index contributed by atoms with van der Waals surface area (Å²) >= 11 is 2.12. The predicted octanol–water partition coefficient (Wildman–Crippen LogP) is 7.06. The summed E-state index contributed by atoms with van der Waals surface area (Å²) < 4.78 is 25.4. The lowest BCUT2D eigenvalue weighted by molar-refractivity contribution is -0.118. The lowest BCUT2D eigenvalue weighted by atomic mass is 10.00. The molecule has 0 unspecified atom stereocenters. The number of hydrogen-bond acceptors (Lipinski definition) is 4. The van der Waals surface area contributed by atoms with E-state index in [4.69, 9.17) is 9.47 Å². The fourth-order valence-electron chi connectivity index (χ4n) is 3.65. The molecule has 7 heteroatoms. The molecule has 4 aromatic rings. The molecule has 0 saturated carbocycles. The first-order chi connectivity index (χ1) is 17.5. The smallest absolute Gasteiger partial charge is 0.262 e. The Morgan fingerprint density at radius 2 is 1.78 bits per heavy atom. The molecule has 0 aliphatic rings. The number of carbonyl (C=O) groups is 1. The molecule has 1 N–H and O–H groups in total. The number of amides is 1. The standard InChI is InChI=1S/C29H22FIN2O3/c1-2-35-27-15-19(13-23(17-32)22-8-7-20-5-3-4-6-21(20)16-22)14-26(31)29(27)36-18-28(34)33-25-11-9-24(30)10-12-25/h3-16H,2,18H2,1H3,(H,33,34)/b23-13-. The minimum atomic E-state index is -0.383. The molecule has 180 valence electrons. The van der Waals surface area contributed by atoms with E-state index in [9.17, 15) is 14.4 Å². The molecule has 0 aliphatic carbocycles. The van der Waals surface area contributed by atoms with Crippen molar-refractivity contribution in [1.82, 2.24) is 0 Å². The summed E-state index contributed by atoms with van der Waals surface area (Å²) in [6.07, 6.45) is 1.81. The maximum atomic E-state index is 13.1. The van der Waals surface area contributed by atoms with Gasteiger partial charge in [0.05, 0.1) is 21.8 Å². The zero-order valence-electron chi connectivity index (χ0n) is 19.4. The van der Waals surface area contributed by atoms with Crippen LogP contribution in [-0.2, 0) is 4.79 Å². The molecular formula is C29H22FIN2O3. The molecule has 0 aliphatic heterocycles. The van der Waals surface area contributed by atoms with Crippen molar-refractivity contribution in [3.05, 3.63) is 99.4 Å². The van der Waals surface area contributed by atoms with E-state index in [2.05, 4.69) is 34.0 Å². The zero-order chi connectivity index (χ0) is 25.5. The highest BCUT2D eigenvalue weighted by atomic mass is 127. The first kappa shape index (κ1) is 25.2. The van der Waals surface area contributed by atoms with Gasteiger partial charge in [-0.3, -0.25) is 4.79 Å². The number of halogens is 2. The van der Waals surface area contributed by atoms with Crippen molar-refractivity contribution in [2.75, 3.05) is 18.5 Å². The van der Waals surface area contributed by atoms with Crippen LogP contribution in [-0.4, -0.2) is 19.1 Å². The normalized spacial score (nSPS) is 11.1. The van der Waals surface area contributed by atoms with Gasteiger partial charge in [-0.05, 0) is 100.0 Å². The molecule has 5 nitrogen and oxygen atoms in total. The molecular weight excluding hydrogens is 570 g/mol. The average Bonchev–Trinajstić information content (AvgIpc) is 2.88. The summed E-state index contributed by atoms with van der Waals surface area (Å²) in [5.41, 5.74) is 2.59. The van der Waals surface area contributed by atoms with Crippen molar-refractivity contribution in [2.24, 2.45) is 0 Å². The fourth-order valence-corrected chi connectivity index (χ4v) is 4.43. The van der Waals surface area contributed by atoms with Crippen LogP contribution in [0.5, 0.6) is 11.5 Å². The summed E-state index contributed by atoms with van der Waals surface area (Å²) in [5, 5.41) is 14.7. The molecule has 36 heavy (non-hydrogen) atoms. The summed E-state index contributed by atoms with van der Waals surface area (Å²) in [7, 11) is 0. The largest absolute Gasteiger partial charge is 0.490 e. The van der Waals surface area contributed by atoms with E-state index in [0.717, 1.165) is 25.5 Å². The van der Waals surface area contributed by atoms with Gasteiger partial charge in [-0.1, -0.05) is 36.4 Å². The molecule has 0 heterocycles. The third-order valence-electron chi connectivity index (χ3n) is 5.30. The van der Waals surface area contributed by atoms with E-state index in [1.807, 2.05) is 55.5 Å². The van der Waals surface area contributed by atoms with E-state index < -0.39 is 0 Å². The summed E-state index contributed by atoms with van der Waals surface area (Å²) in [4.78, 5) is 12.3. The second-order valence-corrected chi connectivity index (χ2v) is 9.00. The van der Waals surface area contributed by atoms with Crippen molar-refractivity contribution in [2.45, 2.75) is 6.92 Å². The third kappa shape index (κ3) is 6.20. The topological polar surface area (TPSA) is 71.3 Å². The number of carbonyl (C=O) groups excluding carboxylic acids is 1. The number of benzene rings is 4. The lowest BCUT2D eigenvalue weighted by Gasteiger charge is -2.15. The molecule has 0 aromatic heterocycles. The Balaban J connectivity index is 1.56. The van der Waals surface area contributed by atoms with Crippen LogP contribution in [0, 0.1) is 20.7 Å². The number of ether oxygens (including phenoxy) is 2. The SMILES string of the molecule is CCOc1cc(/C=C(/C#N)c2ccc3ccccc3c2)cc(I)c1OCC(=O)Nc1ccc(F)cc1. The summed E-state index contributed by atoms with van der Waals surface area (Å²) in [5.74, 6) is 0.149. The number of fused-ring (bicyclic) bond motifs is 1. The van der Waals surface area contributed by atoms with Crippen LogP contribution >= 0.6 is 22.6 Å². The highest BCUT2D eigenvalue weighted by Gasteiger charge is 2.15. The minimum absolute atomic E-state index is 0.247. The van der Waals surface area contributed by atoms with Crippen LogP contribution in [0.4, 0.5) is 10.1 Å². The summed E-state index contributed by atoms with van der Waals surface area (Å²) in [6.45, 7) is 2.01. The van der Waals surface area contributed by atoms with E-state index in [1.165, 1.54) is 24.3 Å². The molecule has 0 saturated heterocycles. The van der Waals surface area contributed by atoms with Gasteiger partial charge in [0.1, 0.15) is 5.82 Å². The van der Waals surface area contributed by atoms with Gasteiger partial charge in [-0.15, -0.1) is 0 Å². The molecule has 1 amide bonds. The van der Waals surface area contributed by atoms with E-state index in [0.29, 0.717) is 29.4 Å². The van der Waals surface area contributed by atoms with Gasteiger partial charge >= 0.3 is 0 Å². The molecule has 0 atom stereocenters. The second-order valence-electron chi connectivity index (χ2n) is 7.84. The number of nitriles is 1. The van der Waals surface area contributed by atoms with Gasteiger partial charge in [-0.2, -0.15) is 5.26 Å². The van der Waals surface area contributed by atoms with E-state index in [-0.39, 0.29) is 18.3 Å². The Hall–Kier alpha value is -3.90. The zero-order valence-corrected chi connectivity index (χ0v) is 21.6. The third-order valence-corrected chi connectivity index (χ3v) is 6.10. The van der Waals surface area contributed by atoms with E-state index >= 15 is 0 Å². The van der Waals surface area contributed by atoms with Crippen LogP contribution in [0.1, 0.15) is 18.1 Å². The van der Waals surface area contributed by atoms with Crippen molar-refractivity contribution < 1.29 is 18.7 Å². The molecule has 0 radical (unpaired) electrons. The first-order valence-corrected chi connectivity index (χ1v) is 12.3. The number of nitrogens with one attached hydrogen (secondary N) is 1. The van der Waals surface area contributed by atoms with Crippen LogP contribution in [0.3, 0.4) is 0 Å². The predicted molar refractivity (Wildman–Crippen MR) is 148 cm³/mol. The first-order valence-electron chi connectivity index (χ1n) is 11.2. The van der Waals surface area contributed by atoms with Crippen molar-refractivity contribution in [1.29, 1.82) is 5.26 Å². The molecule has 0 spiro atoms. The van der Waals surface area contributed by atoms with Crippen LogP contribution in [0.2, 0.25) is 0 Å². The fraction of sp³-hybridized carbons (Fsp3) is 0.103. The second kappa shape index (κ2) is 11.7. The maximum Gasteiger partial charge on any atom is 0.262 e. The Bertz CT molecular complexity index is 1480. The highest BCUT2D eigenvalue weighted by Crippen LogP contribution is 2.35. The van der Waals surface area contributed by atoms with Gasteiger partial charge in [0.25, 0.3) is 5.91 Å². The Morgan fingerprint density at radius 3 is 2.50 bits per heavy atom. The molecule has 0 bridgehead atoms. The number of anilines is 1.